The van der Waals surface area contributed by atoms with Crippen molar-refractivity contribution in [1.82, 2.24) is 14.1 Å². The third-order valence-corrected chi connectivity index (χ3v) is 8.96. The Hall–Kier alpha value is -3.82. The van der Waals surface area contributed by atoms with Crippen LogP contribution in [0, 0.1) is 19.7 Å². The molecule has 1 aliphatic heterocycles. The van der Waals surface area contributed by atoms with E-state index in [9.17, 15) is 17.6 Å². The van der Waals surface area contributed by atoms with E-state index < -0.39 is 15.8 Å². The summed E-state index contributed by atoms with van der Waals surface area (Å²) in [6.45, 7) is 4.50. The molecule has 1 aromatic heterocycles. The highest BCUT2D eigenvalue weighted by molar-refractivity contribution is 7.89. The van der Waals surface area contributed by atoms with Crippen LogP contribution in [0.25, 0.3) is 0 Å². The molecule has 0 radical (unpaired) electrons. The van der Waals surface area contributed by atoms with Gasteiger partial charge in [-0.05, 0) is 73.5 Å². The summed E-state index contributed by atoms with van der Waals surface area (Å²) in [5.41, 5.74) is 5.35. The number of carbonyl (C=O) groups excluding carboxylic acids is 1. The molecule has 5 rings (SSSR count). The lowest BCUT2D eigenvalue weighted by Gasteiger charge is -2.28. The Morgan fingerprint density at radius 2 is 1.71 bits per heavy atom. The van der Waals surface area contributed by atoms with Crippen molar-refractivity contribution in [2.75, 3.05) is 11.4 Å². The zero-order valence-electron chi connectivity index (χ0n) is 21.6. The van der Waals surface area contributed by atoms with E-state index in [0.717, 1.165) is 22.4 Å². The number of para-hydroxylation sites is 1. The van der Waals surface area contributed by atoms with Gasteiger partial charge in [-0.3, -0.25) is 9.48 Å². The van der Waals surface area contributed by atoms with Gasteiger partial charge in [0.2, 0.25) is 10.0 Å². The second-order valence-corrected chi connectivity index (χ2v) is 11.5. The Morgan fingerprint density at radius 1 is 1.00 bits per heavy atom. The van der Waals surface area contributed by atoms with Gasteiger partial charge in [0.1, 0.15) is 5.82 Å². The van der Waals surface area contributed by atoms with Gasteiger partial charge in [0.15, 0.2) is 0 Å². The Morgan fingerprint density at radius 3 is 2.39 bits per heavy atom. The predicted molar refractivity (Wildman–Crippen MR) is 144 cm³/mol. The van der Waals surface area contributed by atoms with Gasteiger partial charge in [-0.25, -0.2) is 12.8 Å². The molecule has 7 nitrogen and oxygen atoms in total. The largest absolute Gasteiger partial charge is 0.302 e. The van der Waals surface area contributed by atoms with E-state index >= 15 is 0 Å². The maximum Gasteiger partial charge on any atom is 0.258 e. The number of benzene rings is 3. The molecule has 2 heterocycles. The number of rotatable bonds is 6. The Balaban J connectivity index is 1.49. The quantitative estimate of drug-likeness (QED) is 0.359. The summed E-state index contributed by atoms with van der Waals surface area (Å²) in [6, 6.07) is 19.8. The second-order valence-electron chi connectivity index (χ2n) is 9.56. The van der Waals surface area contributed by atoms with Crippen molar-refractivity contribution in [2.45, 2.75) is 38.3 Å². The van der Waals surface area contributed by atoms with Crippen molar-refractivity contribution in [2.24, 2.45) is 7.05 Å². The minimum atomic E-state index is -3.72. The third kappa shape index (κ3) is 4.87. The SMILES string of the molecule is Cc1ccc(S(=O)(=O)N2CCc3c(c(CN(C(=O)c4ccc(F)cc4)c4ccccc4)nn3C)C2)cc1C. The normalized spacial score (nSPS) is 13.8. The van der Waals surface area contributed by atoms with Gasteiger partial charge >= 0.3 is 0 Å². The van der Waals surface area contributed by atoms with Gasteiger partial charge in [-0.15, -0.1) is 0 Å². The van der Waals surface area contributed by atoms with Gasteiger partial charge in [0, 0.05) is 49.1 Å². The number of amides is 1. The van der Waals surface area contributed by atoms with Crippen LogP contribution in [0.15, 0.2) is 77.7 Å². The molecule has 0 saturated heterocycles. The maximum absolute atomic E-state index is 13.6. The topological polar surface area (TPSA) is 75.5 Å². The molecule has 38 heavy (non-hydrogen) atoms. The van der Waals surface area contributed by atoms with E-state index in [1.165, 1.54) is 28.6 Å². The monoisotopic (exact) mass is 532 g/mol. The van der Waals surface area contributed by atoms with Crippen molar-refractivity contribution in [3.05, 3.63) is 112 Å². The van der Waals surface area contributed by atoms with Crippen LogP contribution < -0.4 is 4.90 Å². The van der Waals surface area contributed by atoms with Crippen LogP contribution >= 0.6 is 0 Å². The first-order valence-electron chi connectivity index (χ1n) is 12.4. The van der Waals surface area contributed by atoms with E-state index in [-0.39, 0.29) is 23.9 Å². The van der Waals surface area contributed by atoms with Crippen molar-refractivity contribution in [1.29, 1.82) is 0 Å². The zero-order valence-corrected chi connectivity index (χ0v) is 22.4. The van der Waals surface area contributed by atoms with Crippen molar-refractivity contribution < 1.29 is 17.6 Å². The molecule has 0 spiro atoms. The fourth-order valence-electron chi connectivity index (χ4n) is 4.79. The number of aromatic nitrogens is 2. The number of nitrogens with zero attached hydrogens (tertiary/aromatic N) is 4. The molecule has 0 bridgehead atoms. The first kappa shape index (κ1) is 25.8. The maximum atomic E-state index is 13.6. The molecule has 0 saturated carbocycles. The van der Waals surface area contributed by atoms with Gasteiger partial charge in [0.25, 0.3) is 5.91 Å². The summed E-state index contributed by atoms with van der Waals surface area (Å²) in [4.78, 5) is 15.4. The third-order valence-electron chi connectivity index (χ3n) is 7.12. The van der Waals surface area contributed by atoms with Crippen molar-refractivity contribution in [3.8, 4) is 0 Å². The first-order chi connectivity index (χ1) is 18.1. The number of halogens is 1. The van der Waals surface area contributed by atoms with Gasteiger partial charge in [-0.1, -0.05) is 24.3 Å². The van der Waals surface area contributed by atoms with Gasteiger partial charge in [-0.2, -0.15) is 9.40 Å². The molecule has 0 aliphatic carbocycles. The predicted octanol–water partition coefficient (Wildman–Crippen LogP) is 4.77. The lowest BCUT2D eigenvalue weighted by atomic mass is 10.1. The first-order valence-corrected chi connectivity index (χ1v) is 13.8. The van der Waals surface area contributed by atoms with Crippen LogP contribution in [-0.4, -0.2) is 35.0 Å². The average molecular weight is 533 g/mol. The summed E-state index contributed by atoms with van der Waals surface area (Å²) in [5, 5.41) is 4.70. The summed E-state index contributed by atoms with van der Waals surface area (Å²) >= 11 is 0. The molecule has 3 aromatic carbocycles. The summed E-state index contributed by atoms with van der Waals surface area (Å²) in [5.74, 6) is -0.720. The number of fused-ring (bicyclic) bond motifs is 1. The Bertz CT molecular complexity index is 1600. The van der Waals surface area contributed by atoms with Gasteiger partial charge < -0.3 is 4.90 Å². The number of sulfonamides is 1. The molecule has 0 N–H and O–H groups in total. The fraction of sp³-hybridized carbons (Fsp3) is 0.241. The number of anilines is 1. The molecule has 0 unspecified atom stereocenters. The lowest BCUT2D eigenvalue weighted by molar-refractivity contribution is 0.0984. The van der Waals surface area contributed by atoms with E-state index in [1.54, 1.807) is 21.7 Å². The molecule has 1 amide bonds. The number of carbonyl (C=O) groups is 1. The highest BCUT2D eigenvalue weighted by atomic mass is 32.2. The van der Waals surface area contributed by atoms with E-state index in [4.69, 9.17) is 5.10 Å². The van der Waals surface area contributed by atoms with Crippen LogP contribution in [0.5, 0.6) is 0 Å². The van der Waals surface area contributed by atoms with E-state index in [0.29, 0.717) is 29.9 Å². The smallest absolute Gasteiger partial charge is 0.258 e. The minimum Gasteiger partial charge on any atom is -0.302 e. The molecular formula is C29H29FN4O3S. The van der Waals surface area contributed by atoms with Crippen LogP contribution in [0.1, 0.15) is 38.4 Å². The van der Waals surface area contributed by atoms with Crippen molar-refractivity contribution >= 4 is 21.6 Å². The van der Waals surface area contributed by atoms with Crippen LogP contribution in [0.3, 0.4) is 0 Å². The molecule has 1 aliphatic rings. The summed E-state index contributed by atoms with van der Waals surface area (Å²) < 4.78 is 43.9. The molecule has 4 aromatic rings. The standard InChI is InChI=1S/C29H29FN4O3S/c1-20-9-14-25(17-21(20)2)38(36,37)33-16-15-28-26(18-33)27(31-32(28)3)19-34(24-7-5-4-6-8-24)29(35)22-10-12-23(30)13-11-22/h4-14,17H,15-16,18-19H2,1-3H3. The Labute approximate surface area is 222 Å². The van der Waals surface area contributed by atoms with Gasteiger partial charge in [0.05, 0.1) is 17.1 Å². The average Bonchev–Trinajstić information content (AvgIpc) is 3.23. The van der Waals surface area contributed by atoms with Crippen LogP contribution in [0.4, 0.5) is 10.1 Å². The number of hydrogen-bond donors (Lipinski definition) is 0. The Kier molecular flexibility index (Phi) is 6.90. The highest BCUT2D eigenvalue weighted by Crippen LogP contribution is 2.30. The lowest BCUT2D eigenvalue weighted by Crippen LogP contribution is -2.37. The molecule has 0 fully saturated rings. The van der Waals surface area contributed by atoms with Crippen LogP contribution in [-0.2, 0) is 36.6 Å². The highest BCUT2D eigenvalue weighted by Gasteiger charge is 2.33. The fourth-order valence-corrected chi connectivity index (χ4v) is 6.28. The number of hydrogen-bond acceptors (Lipinski definition) is 4. The summed E-state index contributed by atoms with van der Waals surface area (Å²) in [7, 11) is -1.88. The minimum absolute atomic E-state index is 0.140. The second kappa shape index (κ2) is 10.2. The summed E-state index contributed by atoms with van der Waals surface area (Å²) in [6.07, 6.45) is 0.514. The van der Waals surface area contributed by atoms with E-state index in [1.807, 2.05) is 57.3 Å². The number of aryl methyl sites for hydroxylation is 3. The zero-order chi connectivity index (χ0) is 27.0. The molecular weight excluding hydrogens is 503 g/mol. The van der Waals surface area contributed by atoms with Crippen LogP contribution in [0.2, 0.25) is 0 Å². The van der Waals surface area contributed by atoms with Crippen molar-refractivity contribution in [3.63, 3.8) is 0 Å². The molecule has 0 atom stereocenters. The molecule has 9 heteroatoms. The van der Waals surface area contributed by atoms with E-state index in [2.05, 4.69) is 0 Å². The molecule has 196 valence electrons.